The summed E-state index contributed by atoms with van der Waals surface area (Å²) in [5.41, 5.74) is 12.6. The van der Waals surface area contributed by atoms with Gasteiger partial charge in [-0.1, -0.05) is 74.0 Å². The molecule has 0 aliphatic heterocycles. The van der Waals surface area contributed by atoms with Crippen molar-refractivity contribution in [3.8, 4) is 11.5 Å². The van der Waals surface area contributed by atoms with Crippen LogP contribution in [0.4, 0.5) is 0 Å². The number of aromatic amines is 1. The van der Waals surface area contributed by atoms with Gasteiger partial charge in [0.25, 0.3) is 0 Å². The topological polar surface area (TPSA) is 54.5 Å². The number of benzene rings is 2. The first-order valence-corrected chi connectivity index (χ1v) is 10.3. The second-order valence-electron chi connectivity index (χ2n) is 8.37. The summed E-state index contributed by atoms with van der Waals surface area (Å²) in [4.78, 5) is 8.83. The van der Waals surface area contributed by atoms with Crippen LogP contribution in [0.2, 0.25) is 0 Å². The number of aromatic nitrogens is 4. The summed E-state index contributed by atoms with van der Waals surface area (Å²) in [7, 11) is 0. The number of aryl methyl sites for hydroxylation is 6. The monoisotopic (exact) mass is 394 g/mol. The van der Waals surface area contributed by atoms with Crippen molar-refractivity contribution in [2.45, 2.75) is 41.5 Å². The van der Waals surface area contributed by atoms with Gasteiger partial charge in [-0.25, -0.2) is 4.98 Å². The van der Waals surface area contributed by atoms with Crippen molar-refractivity contribution in [3.63, 3.8) is 0 Å². The van der Waals surface area contributed by atoms with Gasteiger partial charge in [-0.05, 0) is 53.7 Å². The molecule has 5 heteroatoms. The summed E-state index contributed by atoms with van der Waals surface area (Å²) in [6, 6.07) is 13.4. The first kappa shape index (κ1) is 20.1. The van der Waals surface area contributed by atoms with Crippen molar-refractivity contribution in [1.82, 2.24) is 20.2 Å². The highest BCUT2D eigenvalue weighted by molar-refractivity contribution is 6.96. The van der Waals surface area contributed by atoms with Crippen molar-refractivity contribution in [3.05, 3.63) is 82.3 Å². The first-order chi connectivity index (χ1) is 14.3. The average Bonchev–Trinajstić information content (AvgIpc) is 3.20. The lowest BCUT2D eigenvalue weighted by molar-refractivity contribution is 1.09. The number of hydrogen-bond donors (Lipinski definition) is 1. The van der Waals surface area contributed by atoms with Gasteiger partial charge >= 0.3 is 0 Å². The average molecular weight is 394 g/mol. The predicted molar refractivity (Wildman–Crippen MR) is 126 cm³/mol. The Morgan fingerprint density at radius 1 is 0.700 bits per heavy atom. The molecule has 0 fully saturated rings. The molecule has 0 bridgehead atoms. The first-order valence-electron chi connectivity index (χ1n) is 10.3. The molecule has 150 valence electrons. The molecule has 0 amide bonds. The van der Waals surface area contributed by atoms with Gasteiger partial charge in [0.15, 0.2) is 5.82 Å². The third-order valence-corrected chi connectivity index (χ3v) is 5.83. The maximum Gasteiger partial charge on any atom is 0.242 e. The van der Waals surface area contributed by atoms with E-state index in [2.05, 4.69) is 98.1 Å². The zero-order chi connectivity index (χ0) is 21.4. The second-order valence-corrected chi connectivity index (χ2v) is 8.37. The van der Waals surface area contributed by atoms with Crippen LogP contribution in [0.15, 0.2) is 48.9 Å². The van der Waals surface area contributed by atoms with Crippen molar-refractivity contribution in [1.29, 1.82) is 0 Å². The minimum Gasteiger partial charge on any atom is -0.258 e. The standard InChI is InChI=1S/C25H27BN4/c1-15-9-17(3)23(18(4)10-15)26(24-19(5)11-16(2)12-20(24)6)21-7-8-27-22(13-21)25-28-14-29-30-25/h7-14H,1-6H3,(H,28,29,30). The Kier molecular flexibility index (Phi) is 5.29. The minimum absolute atomic E-state index is 0.121. The third-order valence-electron chi connectivity index (χ3n) is 5.83. The lowest BCUT2D eigenvalue weighted by Crippen LogP contribution is -2.56. The quantitative estimate of drug-likeness (QED) is 0.541. The van der Waals surface area contributed by atoms with Gasteiger partial charge in [0.2, 0.25) is 6.71 Å². The molecule has 0 radical (unpaired) electrons. The summed E-state index contributed by atoms with van der Waals surface area (Å²) >= 11 is 0. The van der Waals surface area contributed by atoms with Gasteiger partial charge in [0.1, 0.15) is 12.0 Å². The molecule has 0 aliphatic rings. The second kappa shape index (κ2) is 7.90. The fourth-order valence-electron chi connectivity index (χ4n) is 4.86. The summed E-state index contributed by atoms with van der Waals surface area (Å²) < 4.78 is 0. The van der Waals surface area contributed by atoms with Crippen LogP contribution in [0.1, 0.15) is 33.4 Å². The van der Waals surface area contributed by atoms with Crippen molar-refractivity contribution in [2.75, 3.05) is 0 Å². The molecule has 4 nitrogen and oxygen atoms in total. The number of pyridine rings is 1. The molecular formula is C25H27BN4. The fourth-order valence-corrected chi connectivity index (χ4v) is 4.86. The molecule has 1 N–H and O–H groups in total. The van der Waals surface area contributed by atoms with Crippen molar-refractivity contribution >= 4 is 23.1 Å². The van der Waals surface area contributed by atoms with E-state index in [1.807, 2.05) is 6.20 Å². The van der Waals surface area contributed by atoms with Gasteiger partial charge in [0, 0.05) is 6.20 Å². The Hall–Kier alpha value is -3.21. The summed E-state index contributed by atoms with van der Waals surface area (Å²) in [5.74, 6) is 0.685. The highest BCUT2D eigenvalue weighted by Gasteiger charge is 2.28. The Morgan fingerprint density at radius 2 is 1.23 bits per heavy atom. The molecular weight excluding hydrogens is 367 g/mol. The smallest absolute Gasteiger partial charge is 0.242 e. The molecule has 0 saturated carbocycles. The van der Waals surface area contributed by atoms with Crippen molar-refractivity contribution < 1.29 is 0 Å². The lowest BCUT2D eigenvalue weighted by atomic mass is 9.34. The van der Waals surface area contributed by atoms with E-state index >= 15 is 0 Å². The van der Waals surface area contributed by atoms with E-state index in [4.69, 9.17) is 0 Å². The molecule has 0 saturated heterocycles. The van der Waals surface area contributed by atoms with Crippen LogP contribution in [0, 0.1) is 41.5 Å². The molecule has 2 aromatic heterocycles. The van der Waals surface area contributed by atoms with Crippen LogP contribution in [0.3, 0.4) is 0 Å². The normalized spacial score (nSPS) is 11.0. The van der Waals surface area contributed by atoms with Crippen LogP contribution in [0.5, 0.6) is 0 Å². The zero-order valence-corrected chi connectivity index (χ0v) is 18.5. The van der Waals surface area contributed by atoms with Gasteiger partial charge in [-0.3, -0.25) is 10.1 Å². The maximum absolute atomic E-state index is 4.54. The number of rotatable bonds is 4. The molecule has 30 heavy (non-hydrogen) atoms. The van der Waals surface area contributed by atoms with E-state index in [0.29, 0.717) is 5.82 Å². The molecule has 4 rings (SSSR count). The largest absolute Gasteiger partial charge is 0.258 e. The summed E-state index contributed by atoms with van der Waals surface area (Å²) in [5, 5.41) is 6.93. The van der Waals surface area contributed by atoms with Crippen LogP contribution in [-0.2, 0) is 0 Å². The van der Waals surface area contributed by atoms with E-state index < -0.39 is 0 Å². The van der Waals surface area contributed by atoms with Crippen LogP contribution < -0.4 is 16.4 Å². The molecule has 0 atom stereocenters. The summed E-state index contributed by atoms with van der Waals surface area (Å²) in [6.45, 7) is 13.3. The number of nitrogens with zero attached hydrogens (tertiary/aromatic N) is 3. The molecule has 0 spiro atoms. The molecule has 4 aromatic rings. The van der Waals surface area contributed by atoms with Crippen LogP contribution in [0.25, 0.3) is 11.5 Å². The minimum atomic E-state index is 0.121. The van der Waals surface area contributed by atoms with Gasteiger partial charge < -0.3 is 0 Å². The molecule has 0 unspecified atom stereocenters. The summed E-state index contributed by atoms with van der Waals surface area (Å²) in [6.07, 6.45) is 3.39. The van der Waals surface area contributed by atoms with E-state index in [9.17, 15) is 0 Å². The van der Waals surface area contributed by atoms with Gasteiger partial charge in [-0.15, -0.1) is 0 Å². The maximum atomic E-state index is 4.54. The van der Waals surface area contributed by atoms with Crippen molar-refractivity contribution in [2.24, 2.45) is 0 Å². The van der Waals surface area contributed by atoms with E-state index in [1.165, 1.54) is 56.1 Å². The molecule has 0 aliphatic carbocycles. The highest BCUT2D eigenvalue weighted by atomic mass is 15.2. The zero-order valence-electron chi connectivity index (χ0n) is 18.5. The third kappa shape index (κ3) is 3.68. The SMILES string of the molecule is Cc1cc(C)c(B(c2ccnc(-c3ncn[nH]3)c2)c2c(C)cc(C)cc2C)c(C)c1. The molecule has 2 aromatic carbocycles. The number of hydrogen-bond acceptors (Lipinski definition) is 3. The van der Waals surface area contributed by atoms with E-state index in [1.54, 1.807) is 0 Å². The Bertz CT molecular complexity index is 1110. The van der Waals surface area contributed by atoms with E-state index in [-0.39, 0.29) is 6.71 Å². The fraction of sp³-hybridized carbons (Fsp3) is 0.240. The molecule has 2 heterocycles. The van der Waals surface area contributed by atoms with Crippen LogP contribution in [-0.4, -0.2) is 26.9 Å². The Labute approximate surface area is 178 Å². The van der Waals surface area contributed by atoms with Gasteiger partial charge in [-0.2, -0.15) is 5.10 Å². The lowest BCUT2D eigenvalue weighted by Gasteiger charge is -2.24. The number of H-pyrrole nitrogens is 1. The Balaban J connectivity index is 2.00. The number of nitrogens with one attached hydrogen (secondary N) is 1. The highest BCUT2D eigenvalue weighted by Crippen LogP contribution is 2.14. The van der Waals surface area contributed by atoms with Gasteiger partial charge in [0.05, 0.1) is 0 Å². The Morgan fingerprint density at radius 3 is 1.70 bits per heavy atom. The van der Waals surface area contributed by atoms with E-state index in [0.717, 1.165) is 5.69 Å². The predicted octanol–water partition coefficient (Wildman–Crippen LogP) is 3.23. The van der Waals surface area contributed by atoms with Crippen LogP contribution >= 0.6 is 0 Å².